The Kier molecular flexibility index (Phi) is 12.4. The maximum Gasteiger partial charge on any atom is 0.308 e. The molecule has 1 fully saturated rings. The van der Waals surface area contributed by atoms with Crippen LogP contribution in [0.3, 0.4) is 0 Å². The van der Waals surface area contributed by atoms with Crippen molar-refractivity contribution in [2.75, 3.05) is 19.7 Å². The van der Waals surface area contributed by atoms with Crippen molar-refractivity contribution in [3.8, 4) is 0 Å². The Hall–Kier alpha value is -2.00. The van der Waals surface area contributed by atoms with Crippen molar-refractivity contribution < 1.29 is 19.1 Å². The molecule has 1 heterocycles. The van der Waals surface area contributed by atoms with Gasteiger partial charge in [-0.25, -0.2) is 0 Å². The van der Waals surface area contributed by atoms with Gasteiger partial charge in [0.15, 0.2) is 5.11 Å². The number of amides is 2. The summed E-state index contributed by atoms with van der Waals surface area (Å²) in [7, 11) is 0. The molecule has 0 bridgehead atoms. The third-order valence-corrected chi connectivity index (χ3v) is 6.40. The second-order valence-electron chi connectivity index (χ2n) is 8.17. The average molecular weight is 541 g/mol. The van der Waals surface area contributed by atoms with Gasteiger partial charge in [-0.1, -0.05) is 67.8 Å². The van der Waals surface area contributed by atoms with Gasteiger partial charge >= 0.3 is 5.97 Å². The SMILES string of the molecule is CCCCCCCCCCOC(=O)CC1C(=O)NCCN1C(=S)NC(=O)c1ccc(Br)cc1. The van der Waals surface area contributed by atoms with E-state index >= 15 is 0 Å². The summed E-state index contributed by atoms with van der Waals surface area (Å²) in [5, 5.41) is 5.54. The number of hydrogen-bond acceptors (Lipinski definition) is 5. The lowest BCUT2D eigenvalue weighted by Gasteiger charge is -2.36. The maximum absolute atomic E-state index is 12.5. The zero-order valence-corrected chi connectivity index (χ0v) is 21.6. The van der Waals surface area contributed by atoms with Crippen molar-refractivity contribution in [1.82, 2.24) is 15.5 Å². The summed E-state index contributed by atoms with van der Waals surface area (Å²) in [5.41, 5.74) is 0.448. The van der Waals surface area contributed by atoms with E-state index in [0.29, 0.717) is 25.3 Å². The first-order valence-corrected chi connectivity index (χ1v) is 12.9. The van der Waals surface area contributed by atoms with E-state index in [1.54, 1.807) is 29.2 Å². The molecule has 7 nitrogen and oxygen atoms in total. The number of carbonyl (C=O) groups is 3. The van der Waals surface area contributed by atoms with Gasteiger partial charge in [0.2, 0.25) is 5.91 Å². The van der Waals surface area contributed by atoms with E-state index in [2.05, 4.69) is 33.5 Å². The summed E-state index contributed by atoms with van der Waals surface area (Å²) in [5.74, 6) is -1.10. The van der Waals surface area contributed by atoms with E-state index in [0.717, 1.165) is 23.7 Å². The topological polar surface area (TPSA) is 87.7 Å². The molecule has 1 aliphatic heterocycles. The highest BCUT2D eigenvalue weighted by Gasteiger charge is 2.34. The highest BCUT2D eigenvalue weighted by atomic mass is 79.9. The predicted molar refractivity (Wildman–Crippen MR) is 136 cm³/mol. The molecule has 0 saturated carbocycles. The van der Waals surface area contributed by atoms with Crippen molar-refractivity contribution in [3.63, 3.8) is 0 Å². The summed E-state index contributed by atoms with van der Waals surface area (Å²) in [6.45, 7) is 3.35. The van der Waals surface area contributed by atoms with E-state index < -0.39 is 12.0 Å². The van der Waals surface area contributed by atoms with Crippen LogP contribution >= 0.6 is 28.1 Å². The van der Waals surface area contributed by atoms with Crippen LogP contribution in [0.1, 0.15) is 75.1 Å². The van der Waals surface area contributed by atoms with Gasteiger partial charge in [-0.15, -0.1) is 0 Å². The van der Waals surface area contributed by atoms with Gasteiger partial charge in [-0.2, -0.15) is 0 Å². The van der Waals surface area contributed by atoms with Crippen LogP contribution in [0.2, 0.25) is 0 Å². The van der Waals surface area contributed by atoms with Crippen LogP contribution in [-0.2, 0) is 14.3 Å². The first-order chi connectivity index (χ1) is 15.9. The smallest absolute Gasteiger partial charge is 0.308 e. The molecule has 0 spiro atoms. The highest BCUT2D eigenvalue weighted by Crippen LogP contribution is 2.14. The van der Waals surface area contributed by atoms with Crippen LogP contribution in [0.4, 0.5) is 0 Å². The summed E-state index contributed by atoms with van der Waals surface area (Å²) in [6, 6.07) is 6.06. The lowest BCUT2D eigenvalue weighted by atomic mass is 10.1. The Morgan fingerprint density at radius 2 is 1.76 bits per heavy atom. The second kappa shape index (κ2) is 15.0. The number of nitrogens with zero attached hydrogens (tertiary/aromatic N) is 1. The molecule has 1 unspecified atom stereocenters. The van der Waals surface area contributed by atoms with E-state index in [4.69, 9.17) is 17.0 Å². The molecule has 2 amide bonds. The Balaban J connectivity index is 1.77. The quantitative estimate of drug-likeness (QED) is 0.233. The van der Waals surface area contributed by atoms with Gasteiger partial charge in [0.05, 0.1) is 13.0 Å². The fourth-order valence-electron chi connectivity index (χ4n) is 3.64. The van der Waals surface area contributed by atoms with Gasteiger partial charge in [0.1, 0.15) is 6.04 Å². The number of piperazine rings is 1. The lowest BCUT2D eigenvalue weighted by Crippen LogP contribution is -2.60. The largest absolute Gasteiger partial charge is 0.466 e. The Morgan fingerprint density at radius 1 is 1.12 bits per heavy atom. The van der Waals surface area contributed by atoms with Crippen LogP contribution in [0.25, 0.3) is 0 Å². The van der Waals surface area contributed by atoms with Gasteiger partial charge in [0.25, 0.3) is 5.91 Å². The molecular formula is C24H34BrN3O4S. The van der Waals surface area contributed by atoms with Gasteiger partial charge < -0.3 is 15.0 Å². The summed E-state index contributed by atoms with van der Waals surface area (Å²) < 4.78 is 6.21. The number of unbranched alkanes of at least 4 members (excludes halogenated alkanes) is 7. The zero-order valence-electron chi connectivity index (χ0n) is 19.2. The number of halogens is 1. The summed E-state index contributed by atoms with van der Waals surface area (Å²) in [4.78, 5) is 38.8. The minimum absolute atomic E-state index is 0.114. The monoisotopic (exact) mass is 539 g/mol. The molecule has 2 N–H and O–H groups in total. The minimum atomic E-state index is -0.803. The first kappa shape index (κ1) is 27.2. The second-order valence-corrected chi connectivity index (χ2v) is 9.47. The standard InChI is InChI=1S/C24H34BrN3O4S/c1-2-3-4-5-6-7-8-9-16-32-21(29)17-20-23(31)26-14-15-28(20)24(33)27-22(30)18-10-12-19(25)13-11-18/h10-13,20H,2-9,14-17H2,1H3,(H,26,31)(H,27,30,33). The predicted octanol–water partition coefficient (Wildman–Crippen LogP) is 4.34. The molecule has 1 aliphatic rings. The van der Waals surface area contributed by atoms with Crippen LogP contribution in [0.5, 0.6) is 0 Å². The van der Waals surface area contributed by atoms with E-state index in [9.17, 15) is 14.4 Å². The van der Waals surface area contributed by atoms with E-state index in [-0.39, 0.29) is 23.3 Å². The van der Waals surface area contributed by atoms with E-state index in [1.807, 2.05) is 0 Å². The van der Waals surface area contributed by atoms with Crippen molar-refractivity contribution in [3.05, 3.63) is 34.3 Å². The summed E-state index contributed by atoms with van der Waals surface area (Å²) >= 11 is 8.72. The van der Waals surface area contributed by atoms with Crippen LogP contribution < -0.4 is 10.6 Å². The van der Waals surface area contributed by atoms with Gasteiger partial charge in [-0.3, -0.25) is 19.7 Å². The van der Waals surface area contributed by atoms with Crippen molar-refractivity contribution in [2.24, 2.45) is 0 Å². The molecule has 0 aliphatic carbocycles. The molecule has 182 valence electrons. The number of carbonyl (C=O) groups excluding carboxylic acids is 3. The Bertz CT molecular complexity index is 803. The Labute approximate surface area is 210 Å². The fraction of sp³-hybridized carbons (Fsp3) is 0.583. The number of rotatable bonds is 12. The molecular weight excluding hydrogens is 506 g/mol. The Morgan fingerprint density at radius 3 is 2.42 bits per heavy atom. The molecule has 2 rings (SSSR count). The number of ether oxygens (including phenoxy) is 1. The molecule has 1 saturated heterocycles. The molecule has 0 aromatic heterocycles. The number of thiocarbonyl (C=S) groups is 1. The van der Waals surface area contributed by atoms with Crippen molar-refractivity contribution >= 4 is 51.0 Å². The minimum Gasteiger partial charge on any atom is -0.466 e. The highest BCUT2D eigenvalue weighted by molar-refractivity contribution is 9.10. The maximum atomic E-state index is 12.5. The fourth-order valence-corrected chi connectivity index (χ4v) is 4.22. The molecule has 0 radical (unpaired) electrons. The third-order valence-electron chi connectivity index (χ3n) is 5.54. The molecule has 1 atom stereocenters. The summed E-state index contributed by atoms with van der Waals surface area (Å²) in [6.07, 6.45) is 9.19. The van der Waals surface area contributed by atoms with Crippen LogP contribution in [0, 0.1) is 0 Å². The molecule has 1 aromatic rings. The first-order valence-electron chi connectivity index (χ1n) is 11.7. The number of benzene rings is 1. The van der Waals surface area contributed by atoms with E-state index in [1.165, 1.54) is 32.1 Å². The van der Waals surface area contributed by atoms with Crippen molar-refractivity contribution in [1.29, 1.82) is 0 Å². The van der Waals surface area contributed by atoms with Gasteiger partial charge in [-0.05, 0) is 42.9 Å². The van der Waals surface area contributed by atoms with Crippen molar-refractivity contribution in [2.45, 2.75) is 70.8 Å². The molecule has 1 aromatic carbocycles. The van der Waals surface area contributed by atoms with Crippen LogP contribution in [0.15, 0.2) is 28.7 Å². The third kappa shape index (κ3) is 9.80. The number of esters is 1. The molecule has 33 heavy (non-hydrogen) atoms. The number of hydrogen-bond donors (Lipinski definition) is 2. The molecule has 9 heteroatoms. The zero-order chi connectivity index (χ0) is 24.1. The number of nitrogens with one attached hydrogen (secondary N) is 2. The van der Waals surface area contributed by atoms with Gasteiger partial charge in [0, 0.05) is 23.1 Å². The normalized spacial score (nSPS) is 15.6. The van der Waals surface area contributed by atoms with Crippen LogP contribution in [-0.4, -0.2) is 53.5 Å². The lowest BCUT2D eigenvalue weighted by molar-refractivity contribution is -0.147. The average Bonchev–Trinajstić information content (AvgIpc) is 2.79.